The summed E-state index contributed by atoms with van der Waals surface area (Å²) < 4.78 is 23.2. The summed E-state index contributed by atoms with van der Waals surface area (Å²) in [6, 6.07) is 29.4. The maximum Gasteiger partial charge on any atom is 0.421 e. The van der Waals surface area contributed by atoms with Gasteiger partial charge in [0.15, 0.2) is 0 Å². The summed E-state index contributed by atoms with van der Waals surface area (Å²) in [5.74, 6) is -3.18. The van der Waals surface area contributed by atoms with Crippen LogP contribution in [-0.4, -0.2) is 80.0 Å². The smallest absolute Gasteiger partial charge is 0.421 e. The Labute approximate surface area is 312 Å². The molecule has 0 bridgehead atoms. The number of aliphatic hydroxyl groups is 1. The van der Waals surface area contributed by atoms with Crippen molar-refractivity contribution in [2.45, 2.75) is 29.6 Å². The van der Waals surface area contributed by atoms with Crippen molar-refractivity contribution in [2.24, 2.45) is 5.92 Å². The molecule has 6 unspecified atom stereocenters. The van der Waals surface area contributed by atoms with Gasteiger partial charge in [-0.2, -0.15) is 0 Å². The van der Waals surface area contributed by atoms with E-state index in [0.717, 1.165) is 10.5 Å². The van der Waals surface area contributed by atoms with Crippen molar-refractivity contribution in [3.63, 3.8) is 0 Å². The van der Waals surface area contributed by atoms with E-state index in [1.807, 2.05) is 65.6 Å². The molecule has 3 aliphatic rings. The predicted molar refractivity (Wildman–Crippen MR) is 197 cm³/mol. The molecule has 0 radical (unpaired) electrons. The molecule has 0 aliphatic carbocycles. The van der Waals surface area contributed by atoms with Crippen LogP contribution in [0.3, 0.4) is 0 Å². The van der Waals surface area contributed by atoms with Crippen molar-refractivity contribution in [3.05, 3.63) is 144 Å². The van der Waals surface area contributed by atoms with Crippen LogP contribution >= 0.6 is 0 Å². The molecule has 4 aromatic carbocycles. The number of imide groups is 1. The molecule has 0 saturated carbocycles. The molecule has 6 atom stereocenters. The number of nitrogens with zero attached hydrogens (tertiary/aromatic N) is 2. The first-order valence-corrected chi connectivity index (χ1v) is 17.8. The van der Waals surface area contributed by atoms with Gasteiger partial charge in [-0.15, -0.1) is 6.58 Å². The maximum absolute atomic E-state index is 15.7. The molecule has 54 heavy (non-hydrogen) atoms. The third kappa shape index (κ3) is 6.02. The average Bonchev–Trinajstić information content (AvgIpc) is 3.66. The number of nitrogens with one attached hydrogen (secondary N) is 1. The standard InChI is InChI=1S/C42H41N3O9/c1-3-22-43-38(47)33-35-39(48)54-36(28-16-8-5-9-17-28)34(27-14-6-4-7-15-27)45(35)37(29-18-10-13-21-32(29)52-24-23-46)42(33)30-19-11-12-20-31(30)44(40(42)49)41(50)53-26-25-51-2/h3-21,33-37,46H,1,22-26H2,2H3,(H,43,47). The zero-order valence-corrected chi connectivity index (χ0v) is 29.7. The van der Waals surface area contributed by atoms with Crippen LogP contribution in [0.4, 0.5) is 10.5 Å². The number of morpholine rings is 1. The number of rotatable bonds is 12. The molecule has 3 aliphatic heterocycles. The SMILES string of the molecule is C=CCNC(=O)C1C2C(=O)OC(c3ccccc3)C(c3ccccc3)N2C(c2ccccc2OCCO)C12C(=O)N(C(=O)OCCOC)c1ccccc12. The third-order valence-electron chi connectivity index (χ3n) is 10.3. The third-order valence-corrected chi connectivity index (χ3v) is 10.3. The van der Waals surface area contributed by atoms with Gasteiger partial charge in [0.2, 0.25) is 11.8 Å². The number of benzene rings is 4. The van der Waals surface area contributed by atoms with Crippen molar-refractivity contribution in [1.29, 1.82) is 0 Å². The van der Waals surface area contributed by atoms with Gasteiger partial charge in [0.05, 0.1) is 36.9 Å². The lowest BCUT2D eigenvalue weighted by molar-refractivity contribution is -0.178. The number of carbonyl (C=O) groups is 4. The molecule has 278 valence electrons. The number of amides is 3. The molecular formula is C42H41N3O9. The van der Waals surface area contributed by atoms with Crippen LogP contribution in [0.25, 0.3) is 0 Å². The van der Waals surface area contributed by atoms with Gasteiger partial charge in [0.1, 0.15) is 36.5 Å². The van der Waals surface area contributed by atoms with Crippen molar-refractivity contribution < 1.29 is 43.2 Å². The fraction of sp³-hybridized carbons (Fsp3) is 0.286. The van der Waals surface area contributed by atoms with Gasteiger partial charge in [-0.05, 0) is 28.8 Å². The quantitative estimate of drug-likeness (QED) is 0.118. The Morgan fingerprint density at radius 3 is 2.24 bits per heavy atom. The van der Waals surface area contributed by atoms with E-state index in [0.29, 0.717) is 22.4 Å². The van der Waals surface area contributed by atoms with Crippen LogP contribution in [0, 0.1) is 5.92 Å². The van der Waals surface area contributed by atoms with Gasteiger partial charge in [0, 0.05) is 19.2 Å². The Morgan fingerprint density at radius 1 is 0.870 bits per heavy atom. The number of hydrogen-bond acceptors (Lipinski definition) is 10. The minimum absolute atomic E-state index is 0.0431. The van der Waals surface area contributed by atoms with Gasteiger partial charge in [-0.25, -0.2) is 9.69 Å². The van der Waals surface area contributed by atoms with E-state index in [9.17, 15) is 19.5 Å². The predicted octanol–water partition coefficient (Wildman–Crippen LogP) is 4.81. The molecule has 12 heteroatoms. The van der Waals surface area contributed by atoms with E-state index in [1.165, 1.54) is 13.2 Å². The van der Waals surface area contributed by atoms with Crippen molar-refractivity contribution in [2.75, 3.05) is 45.0 Å². The van der Waals surface area contributed by atoms with E-state index < -0.39 is 59.4 Å². The summed E-state index contributed by atoms with van der Waals surface area (Å²) in [5.41, 5.74) is 0.578. The van der Waals surface area contributed by atoms with Crippen LogP contribution in [0.5, 0.6) is 5.75 Å². The monoisotopic (exact) mass is 731 g/mol. The van der Waals surface area contributed by atoms with Crippen LogP contribution in [0.2, 0.25) is 0 Å². The zero-order chi connectivity index (χ0) is 37.8. The number of cyclic esters (lactones) is 1. The second-order valence-electron chi connectivity index (χ2n) is 13.2. The minimum atomic E-state index is -1.93. The highest BCUT2D eigenvalue weighted by Crippen LogP contribution is 2.66. The summed E-state index contributed by atoms with van der Waals surface area (Å²) >= 11 is 0. The first kappa shape index (κ1) is 36.5. The Hall–Kier alpha value is -5.82. The lowest BCUT2D eigenvalue weighted by Gasteiger charge is -2.46. The lowest BCUT2D eigenvalue weighted by atomic mass is 9.65. The number of ether oxygens (including phenoxy) is 4. The second kappa shape index (κ2) is 15.7. The van der Waals surface area contributed by atoms with Gasteiger partial charge in [-0.3, -0.25) is 19.3 Å². The summed E-state index contributed by atoms with van der Waals surface area (Å²) in [5, 5.41) is 12.7. The Kier molecular flexibility index (Phi) is 10.6. The summed E-state index contributed by atoms with van der Waals surface area (Å²) in [7, 11) is 1.46. The van der Waals surface area contributed by atoms with Gasteiger partial charge in [0.25, 0.3) is 0 Å². The first-order chi connectivity index (χ1) is 26.4. The summed E-state index contributed by atoms with van der Waals surface area (Å²) in [6.07, 6.45) is -0.322. The number of anilines is 1. The number of aliphatic hydroxyl groups excluding tert-OH is 1. The van der Waals surface area contributed by atoms with Crippen molar-refractivity contribution >= 4 is 29.6 Å². The first-order valence-electron chi connectivity index (χ1n) is 17.8. The van der Waals surface area contributed by atoms with E-state index in [1.54, 1.807) is 48.5 Å². The van der Waals surface area contributed by atoms with Gasteiger partial charge >= 0.3 is 12.1 Å². The lowest BCUT2D eigenvalue weighted by Crippen LogP contribution is -2.55. The minimum Gasteiger partial charge on any atom is -0.491 e. The number of carbonyl (C=O) groups excluding carboxylic acids is 4. The summed E-state index contributed by atoms with van der Waals surface area (Å²) in [4.78, 5) is 62.3. The molecular weight excluding hydrogens is 690 g/mol. The molecule has 4 aromatic rings. The van der Waals surface area contributed by atoms with Gasteiger partial charge in [-0.1, -0.05) is 103 Å². The average molecular weight is 732 g/mol. The fourth-order valence-corrected chi connectivity index (χ4v) is 8.37. The number of para-hydroxylation sites is 2. The molecule has 3 amide bonds. The highest BCUT2D eigenvalue weighted by molar-refractivity contribution is 6.23. The molecule has 7 rings (SSSR count). The van der Waals surface area contributed by atoms with E-state index in [2.05, 4.69) is 11.9 Å². The molecule has 2 N–H and O–H groups in total. The van der Waals surface area contributed by atoms with E-state index in [4.69, 9.17) is 18.9 Å². The zero-order valence-electron chi connectivity index (χ0n) is 29.7. The number of hydrogen-bond donors (Lipinski definition) is 2. The molecule has 12 nitrogen and oxygen atoms in total. The normalized spacial score (nSPS) is 24.4. The number of fused-ring (bicyclic) bond motifs is 3. The largest absolute Gasteiger partial charge is 0.491 e. The highest BCUT2D eigenvalue weighted by Gasteiger charge is 2.76. The van der Waals surface area contributed by atoms with Crippen LogP contribution in [-0.2, 0) is 34.0 Å². The molecule has 1 spiro atoms. The fourth-order valence-electron chi connectivity index (χ4n) is 8.37. The van der Waals surface area contributed by atoms with Gasteiger partial charge < -0.3 is 29.4 Å². The van der Waals surface area contributed by atoms with Crippen LogP contribution in [0.15, 0.2) is 122 Å². The highest BCUT2D eigenvalue weighted by atomic mass is 16.6. The second-order valence-corrected chi connectivity index (χ2v) is 13.2. The molecule has 2 fully saturated rings. The Balaban J connectivity index is 1.57. The molecule has 2 saturated heterocycles. The van der Waals surface area contributed by atoms with Crippen LogP contribution < -0.4 is 15.0 Å². The van der Waals surface area contributed by atoms with E-state index in [-0.39, 0.29) is 38.7 Å². The van der Waals surface area contributed by atoms with E-state index >= 15 is 4.79 Å². The maximum atomic E-state index is 15.7. The van der Waals surface area contributed by atoms with Crippen LogP contribution in [0.1, 0.15) is 40.4 Å². The Bertz CT molecular complexity index is 2030. The molecule has 3 heterocycles. The Morgan fingerprint density at radius 2 is 1.54 bits per heavy atom. The summed E-state index contributed by atoms with van der Waals surface area (Å²) in [6.45, 7) is 3.41. The number of methoxy groups -OCH3 is 1. The van der Waals surface area contributed by atoms with Crippen molar-refractivity contribution in [1.82, 2.24) is 10.2 Å². The molecule has 0 aromatic heterocycles. The topological polar surface area (TPSA) is 144 Å². The van der Waals surface area contributed by atoms with Crippen molar-refractivity contribution in [3.8, 4) is 5.75 Å². The number of esters is 1.